The zero-order valence-electron chi connectivity index (χ0n) is 22.1. The van der Waals surface area contributed by atoms with Gasteiger partial charge >= 0.3 is 0 Å². The number of ether oxygens (including phenoxy) is 1. The molecule has 4 N–H and O–H groups in total. The number of rotatable bonds is 7. The van der Waals surface area contributed by atoms with Gasteiger partial charge in [0, 0.05) is 45.4 Å². The van der Waals surface area contributed by atoms with Crippen molar-refractivity contribution in [3.05, 3.63) is 98.1 Å². The molecule has 9 nitrogen and oxygen atoms in total. The summed E-state index contributed by atoms with van der Waals surface area (Å²) in [6, 6.07) is 15.3. The van der Waals surface area contributed by atoms with E-state index >= 15 is 0 Å². The molecular weight excluding hydrogens is 583 g/mol. The van der Waals surface area contributed by atoms with Crippen LogP contribution in [-0.4, -0.2) is 34.2 Å². The Labute approximate surface area is 252 Å². The van der Waals surface area contributed by atoms with Gasteiger partial charge in [-0.2, -0.15) is 5.26 Å². The van der Waals surface area contributed by atoms with Crippen LogP contribution in [0.4, 0.5) is 17.1 Å². The lowest BCUT2D eigenvalue weighted by molar-refractivity contribution is -0.0635. The summed E-state index contributed by atoms with van der Waals surface area (Å²) < 4.78 is 5.36. The number of aromatic nitrogens is 2. The van der Waals surface area contributed by atoms with Crippen molar-refractivity contribution < 1.29 is 4.74 Å². The molecule has 208 valence electrons. The van der Waals surface area contributed by atoms with Crippen molar-refractivity contribution in [2.45, 2.75) is 25.9 Å². The Bertz CT molecular complexity index is 1730. The molecule has 0 radical (unpaired) electrons. The number of aryl methyl sites for hydroxylation is 2. The summed E-state index contributed by atoms with van der Waals surface area (Å²) in [7, 11) is 0. The van der Waals surface area contributed by atoms with Gasteiger partial charge in [0.05, 0.1) is 52.8 Å². The largest absolute Gasteiger partial charge is 0.377 e. The lowest BCUT2D eigenvalue weighted by Crippen LogP contribution is -2.52. The highest BCUT2D eigenvalue weighted by Crippen LogP contribution is 2.38. The highest BCUT2D eigenvalue weighted by molar-refractivity contribution is 6.36. The molecule has 0 unspecified atom stereocenters. The van der Waals surface area contributed by atoms with Crippen LogP contribution in [0.15, 0.2) is 60.6 Å². The van der Waals surface area contributed by atoms with Crippen molar-refractivity contribution >= 4 is 62.8 Å². The first-order valence-corrected chi connectivity index (χ1v) is 14.0. The molecule has 4 heterocycles. The topological polar surface area (TPSA) is 110 Å². The number of nitriles is 1. The van der Waals surface area contributed by atoms with Crippen LogP contribution in [-0.2, 0) is 4.74 Å². The number of hydrazine groups is 2. The maximum Gasteiger partial charge on any atom is 0.129 e. The average molecular weight is 608 g/mol. The molecule has 0 aliphatic carbocycles. The summed E-state index contributed by atoms with van der Waals surface area (Å²) in [5.74, 6) is 0. The highest BCUT2D eigenvalue weighted by atomic mass is 35.5. The quantitative estimate of drug-likeness (QED) is 0.174. The molecule has 0 bridgehead atoms. The summed E-state index contributed by atoms with van der Waals surface area (Å²) >= 11 is 19.3. The summed E-state index contributed by atoms with van der Waals surface area (Å²) in [5, 5.41) is 21.1. The van der Waals surface area contributed by atoms with Gasteiger partial charge in [0.25, 0.3) is 0 Å². The van der Waals surface area contributed by atoms with Gasteiger partial charge in [-0.15, -0.1) is 5.53 Å². The maximum absolute atomic E-state index is 9.92. The third-order valence-electron chi connectivity index (χ3n) is 7.13. The zero-order chi connectivity index (χ0) is 28.7. The van der Waals surface area contributed by atoms with Gasteiger partial charge in [0.2, 0.25) is 0 Å². The van der Waals surface area contributed by atoms with Crippen molar-refractivity contribution in [3.8, 4) is 6.07 Å². The number of halogens is 3. The summed E-state index contributed by atoms with van der Waals surface area (Å²) in [6.07, 6.45) is 3.54. The molecule has 0 spiro atoms. The predicted octanol–water partition coefficient (Wildman–Crippen LogP) is 6.54. The predicted molar refractivity (Wildman–Crippen MR) is 162 cm³/mol. The van der Waals surface area contributed by atoms with E-state index in [-0.39, 0.29) is 12.1 Å². The monoisotopic (exact) mass is 606 g/mol. The van der Waals surface area contributed by atoms with Crippen LogP contribution in [0.3, 0.4) is 0 Å². The van der Waals surface area contributed by atoms with Gasteiger partial charge in [0.15, 0.2) is 0 Å². The second-order valence-corrected chi connectivity index (χ2v) is 11.1. The van der Waals surface area contributed by atoms with Gasteiger partial charge in [-0.25, -0.2) is 4.98 Å². The summed E-state index contributed by atoms with van der Waals surface area (Å²) in [4.78, 5) is 8.96. The SMILES string of the molecule is Cc1ccc(Nc2c(C#N)cnc3c(Cl)cc(N[C@H](C4=CN(C5COC5)NN4)c4ccc(Cl)nc4C)cc23)cc1Cl. The van der Waals surface area contributed by atoms with Gasteiger partial charge in [-0.05, 0) is 49.7 Å². The van der Waals surface area contributed by atoms with E-state index in [4.69, 9.17) is 39.5 Å². The Balaban J connectivity index is 1.43. The molecule has 2 aromatic heterocycles. The summed E-state index contributed by atoms with van der Waals surface area (Å²) in [5.41, 5.74) is 13.0. The molecule has 2 aromatic carbocycles. The standard InChI is InChI=1S/C29H25Cl3N8O/c1-15-3-4-18(8-23(15)30)36-27-17(10-33)11-34-28-22(27)7-19(9-24(28)31)37-29(21-5-6-26(32)35-16(21)2)25-12-40(39-38-25)20-13-41-14-20/h3-9,11-12,20,29,37-39H,13-14H2,1-2H3,(H,34,36)/t29-/m0/s1. The van der Waals surface area contributed by atoms with E-state index < -0.39 is 0 Å². The first-order chi connectivity index (χ1) is 19.8. The average Bonchev–Trinajstić information content (AvgIpc) is 3.38. The fraction of sp³-hybridized carbons (Fsp3) is 0.207. The van der Waals surface area contributed by atoms with E-state index in [0.717, 1.165) is 33.9 Å². The number of pyridine rings is 2. The second kappa shape index (κ2) is 11.2. The molecular formula is C29H25Cl3N8O. The molecule has 4 aromatic rings. The van der Waals surface area contributed by atoms with E-state index in [1.165, 1.54) is 6.20 Å². The Morgan fingerprint density at radius 3 is 2.59 bits per heavy atom. The van der Waals surface area contributed by atoms with Crippen LogP contribution in [0.2, 0.25) is 15.2 Å². The molecule has 0 saturated carbocycles. The van der Waals surface area contributed by atoms with Crippen LogP contribution < -0.4 is 21.6 Å². The minimum absolute atomic E-state index is 0.236. The lowest BCUT2D eigenvalue weighted by atomic mass is 10.0. The lowest BCUT2D eigenvalue weighted by Gasteiger charge is -2.33. The van der Waals surface area contributed by atoms with Crippen LogP contribution in [0.25, 0.3) is 10.9 Å². The molecule has 41 heavy (non-hydrogen) atoms. The summed E-state index contributed by atoms with van der Waals surface area (Å²) in [6.45, 7) is 5.15. The van der Waals surface area contributed by atoms with Crippen LogP contribution >= 0.6 is 34.8 Å². The Hall–Kier alpha value is -3.78. The first kappa shape index (κ1) is 27.4. The van der Waals surface area contributed by atoms with E-state index in [0.29, 0.717) is 50.6 Å². The minimum atomic E-state index is -0.341. The molecule has 12 heteroatoms. The zero-order valence-corrected chi connectivity index (χ0v) is 24.4. The normalized spacial score (nSPS) is 15.6. The number of benzene rings is 2. The number of fused-ring (bicyclic) bond motifs is 1. The molecule has 2 aliphatic heterocycles. The second-order valence-electron chi connectivity index (χ2n) is 9.91. The van der Waals surface area contributed by atoms with Crippen molar-refractivity contribution in [1.29, 1.82) is 5.26 Å². The van der Waals surface area contributed by atoms with E-state index in [1.807, 2.05) is 61.5 Å². The minimum Gasteiger partial charge on any atom is -0.377 e. The number of nitrogens with one attached hydrogen (secondary N) is 4. The molecule has 1 atom stereocenters. The molecule has 2 aliphatic rings. The van der Waals surface area contributed by atoms with Crippen LogP contribution in [0.1, 0.15) is 28.4 Å². The van der Waals surface area contributed by atoms with Crippen LogP contribution in [0, 0.1) is 25.2 Å². The molecule has 6 rings (SSSR count). The number of hydrogen-bond acceptors (Lipinski definition) is 9. The van der Waals surface area contributed by atoms with Crippen molar-refractivity contribution in [2.75, 3.05) is 23.8 Å². The Kier molecular flexibility index (Phi) is 7.51. The van der Waals surface area contributed by atoms with Crippen molar-refractivity contribution in [2.24, 2.45) is 0 Å². The van der Waals surface area contributed by atoms with Gasteiger partial charge in [-0.3, -0.25) is 9.99 Å². The van der Waals surface area contributed by atoms with Crippen molar-refractivity contribution in [3.63, 3.8) is 0 Å². The Morgan fingerprint density at radius 2 is 1.88 bits per heavy atom. The smallest absolute Gasteiger partial charge is 0.129 e. The molecule has 1 fully saturated rings. The first-order valence-electron chi connectivity index (χ1n) is 12.9. The van der Waals surface area contributed by atoms with E-state index in [9.17, 15) is 5.26 Å². The fourth-order valence-electron chi connectivity index (χ4n) is 4.78. The third-order valence-corrected chi connectivity index (χ3v) is 8.04. The Morgan fingerprint density at radius 1 is 1.07 bits per heavy atom. The van der Waals surface area contributed by atoms with Crippen LogP contribution in [0.5, 0.6) is 0 Å². The van der Waals surface area contributed by atoms with E-state index in [2.05, 4.69) is 37.6 Å². The molecule has 0 amide bonds. The van der Waals surface area contributed by atoms with Gasteiger partial charge < -0.3 is 20.8 Å². The molecule has 1 saturated heterocycles. The maximum atomic E-state index is 9.92. The number of anilines is 3. The van der Waals surface area contributed by atoms with E-state index in [1.54, 1.807) is 6.07 Å². The third kappa shape index (κ3) is 5.45. The fourth-order valence-corrected chi connectivity index (χ4v) is 5.42. The van der Waals surface area contributed by atoms with Crippen molar-refractivity contribution in [1.82, 2.24) is 25.9 Å². The highest BCUT2D eigenvalue weighted by Gasteiger charge is 2.31. The van der Waals surface area contributed by atoms with Gasteiger partial charge in [-0.1, -0.05) is 46.9 Å². The van der Waals surface area contributed by atoms with Gasteiger partial charge in [0.1, 0.15) is 11.2 Å². The number of nitrogens with zero attached hydrogens (tertiary/aromatic N) is 4. The number of hydrogen-bond donors (Lipinski definition) is 4.